The van der Waals surface area contributed by atoms with Gasteiger partial charge in [0.25, 0.3) is 0 Å². The maximum absolute atomic E-state index is 12.6. The predicted octanol–water partition coefficient (Wildman–Crippen LogP) is 5.07. The third-order valence-corrected chi connectivity index (χ3v) is 8.20. The Morgan fingerprint density at radius 2 is 1.91 bits per heavy atom. The number of nitrogens with one attached hydrogen (secondary N) is 1. The summed E-state index contributed by atoms with van der Waals surface area (Å²) in [5, 5.41) is 36.5. The number of rotatable bonds is 6. The van der Waals surface area contributed by atoms with Crippen LogP contribution in [-0.4, -0.2) is 16.6 Å². The first-order valence-electron chi connectivity index (χ1n) is 10.2. The number of anilines is 2. The van der Waals surface area contributed by atoms with Crippen LogP contribution < -0.4 is 11.1 Å². The molecule has 4 rings (SSSR count). The highest BCUT2D eigenvalue weighted by atomic mass is 32.2. The largest absolute Gasteiger partial charge is 0.383 e. The second-order valence-corrected chi connectivity index (χ2v) is 10.3. The van der Waals surface area contributed by atoms with E-state index in [4.69, 9.17) is 5.73 Å². The number of aryl methyl sites for hydroxylation is 1. The number of nitrogen functional groups attached to an aromatic ring is 1. The van der Waals surface area contributed by atoms with E-state index in [9.17, 15) is 20.6 Å². The molecule has 0 saturated carbocycles. The molecule has 1 aliphatic rings. The van der Waals surface area contributed by atoms with Gasteiger partial charge in [-0.1, -0.05) is 0 Å². The molecule has 0 saturated heterocycles. The van der Waals surface area contributed by atoms with Crippen LogP contribution in [0.15, 0.2) is 21.9 Å². The Hall–Kier alpha value is -3.36. The summed E-state index contributed by atoms with van der Waals surface area (Å²) in [4.78, 5) is 18.0. The normalized spacial score (nSPS) is 12.3. The van der Waals surface area contributed by atoms with E-state index in [1.165, 1.54) is 39.3 Å². The summed E-state index contributed by atoms with van der Waals surface area (Å²) in [5.74, 6) is 0.234. The number of thiophene rings is 2. The molecule has 7 nitrogen and oxygen atoms in total. The smallest absolute Gasteiger partial charge is 0.225 e. The highest BCUT2D eigenvalue weighted by molar-refractivity contribution is 7.99. The highest BCUT2D eigenvalue weighted by Crippen LogP contribution is 2.38. The minimum Gasteiger partial charge on any atom is -0.383 e. The number of nitrogens with two attached hydrogens (primary N) is 1. The molecule has 3 N–H and O–H groups in total. The van der Waals surface area contributed by atoms with E-state index in [1.54, 1.807) is 0 Å². The summed E-state index contributed by atoms with van der Waals surface area (Å²) in [5.41, 5.74) is 9.36. The van der Waals surface area contributed by atoms with Crippen LogP contribution in [0, 0.1) is 34.0 Å². The monoisotopic (exact) mass is 490 g/mol. The Morgan fingerprint density at radius 3 is 2.61 bits per heavy atom. The molecule has 33 heavy (non-hydrogen) atoms. The molecule has 3 heterocycles. The van der Waals surface area contributed by atoms with Crippen molar-refractivity contribution < 1.29 is 4.79 Å². The zero-order chi connectivity index (χ0) is 23.4. The fourth-order valence-electron chi connectivity index (χ4n) is 3.80. The van der Waals surface area contributed by atoms with Gasteiger partial charge < -0.3 is 11.1 Å². The lowest BCUT2D eigenvalue weighted by Crippen LogP contribution is -2.12. The molecule has 0 aliphatic heterocycles. The van der Waals surface area contributed by atoms with Crippen LogP contribution in [0.25, 0.3) is 11.1 Å². The zero-order valence-corrected chi connectivity index (χ0v) is 19.9. The Morgan fingerprint density at radius 1 is 1.15 bits per heavy atom. The molecule has 0 aromatic carbocycles. The summed E-state index contributed by atoms with van der Waals surface area (Å²) in [6, 6.07) is 8.29. The second-order valence-electron chi connectivity index (χ2n) is 7.34. The average Bonchev–Trinajstić information content (AvgIpc) is 3.46. The summed E-state index contributed by atoms with van der Waals surface area (Å²) >= 11 is 4.20. The van der Waals surface area contributed by atoms with Gasteiger partial charge in [0.15, 0.2) is 0 Å². The quantitative estimate of drug-likeness (QED) is 0.460. The number of hydrogen-bond acceptors (Lipinski definition) is 9. The van der Waals surface area contributed by atoms with Crippen LogP contribution in [-0.2, 0) is 17.6 Å². The van der Waals surface area contributed by atoms with Crippen molar-refractivity contribution >= 4 is 51.2 Å². The number of nitriles is 3. The fourth-order valence-corrected chi connectivity index (χ4v) is 6.64. The van der Waals surface area contributed by atoms with E-state index < -0.39 is 0 Å². The predicted molar refractivity (Wildman–Crippen MR) is 131 cm³/mol. The SMILES string of the molecule is N#Cc1c(NC(=O)CCSc2nc(N)c(C#N)c(-c3ccsc3)c2C#N)sc2c1CCCC2. The highest BCUT2D eigenvalue weighted by Gasteiger charge is 2.23. The van der Waals surface area contributed by atoms with Crippen LogP contribution >= 0.6 is 34.4 Å². The second kappa shape index (κ2) is 10.1. The van der Waals surface area contributed by atoms with Crippen molar-refractivity contribution in [1.29, 1.82) is 15.8 Å². The molecule has 0 unspecified atom stereocenters. The maximum atomic E-state index is 12.6. The van der Waals surface area contributed by atoms with Crippen molar-refractivity contribution in [3.63, 3.8) is 0 Å². The van der Waals surface area contributed by atoms with Crippen molar-refractivity contribution in [2.45, 2.75) is 37.1 Å². The summed E-state index contributed by atoms with van der Waals surface area (Å²) in [6.07, 6.45) is 4.19. The van der Waals surface area contributed by atoms with E-state index in [1.807, 2.05) is 16.8 Å². The van der Waals surface area contributed by atoms with Gasteiger partial charge in [0.1, 0.15) is 39.6 Å². The Kier molecular flexibility index (Phi) is 6.96. The number of nitrogens with zero attached hydrogens (tertiary/aromatic N) is 4. The fraction of sp³-hybridized carbons (Fsp3) is 0.261. The van der Waals surface area contributed by atoms with Crippen molar-refractivity contribution in [3.8, 4) is 29.3 Å². The molecule has 3 aromatic heterocycles. The lowest BCUT2D eigenvalue weighted by atomic mass is 9.96. The molecular weight excluding hydrogens is 472 g/mol. The van der Waals surface area contributed by atoms with Crippen LogP contribution in [0.2, 0.25) is 0 Å². The Bertz CT molecular complexity index is 1340. The lowest BCUT2D eigenvalue weighted by Gasteiger charge is -2.11. The van der Waals surface area contributed by atoms with Gasteiger partial charge >= 0.3 is 0 Å². The van der Waals surface area contributed by atoms with Crippen LogP contribution in [0.1, 0.15) is 46.4 Å². The number of amides is 1. The number of hydrogen-bond donors (Lipinski definition) is 2. The van der Waals surface area contributed by atoms with E-state index >= 15 is 0 Å². The molecule has 0 fully saturated rings. The van der Waals surface area contributed by atoms with E-state index in [2.05, 4.69) is 28.5 Å². The first-order chi connectivity index (χ1) is 16.1. The van der Waals surface area contributed by atoms with E-state index in [-0.39, 0.29) is 29.3 Å². The first-order valence-corrected chi connectivity index (χ1v) is 12.9. The third kappa shape index (κ3) is 4.58. The number of aromatic nitrogens is 1. The molecule has 1 aliphatic carbocycles. The Labute approximate surface area is 203 Å². The molecule has 0 bridgehead atoms. The van der Waals surface area contributed by atoms with Crippen LogP contribution in [0.3, 0.4) is 0 Å². The summed E-state index contributed by atoms with van der Waals surface area (Å²) in [7, 11) is 0. The standard InChI is InChI=1S/C23H18N6OS3/c24-9-15-14-3-1-2-4-18(14)33-23(15)28-19(30)6-8-32-22-17(11-26)20(13-5-7-31-12-13)16(10-25)21(27)29-22/h5,7,12H,1-4,6,8H2,(H2,27,29)(H,28,30). The minimum atomic E-state index is -0.198. The molecule has 0 atom stereocenters. The molecule has 164 valence electrons. The topological polar surface area (TPSA) is 139 Å². The van der Waals surface area contributed by atoms with Crippen molar-refractivity contribution in [3.05, 3.63) is 44.0 Å². The maximum Gasteiger partial charge on any atom is 0.225 e. The average molecular weight is 491 g/mol. The van der Waals surface area contributed by atoms with Gasteiger partial charge in [-0.05, 0) is 53.6 Å². The van der Waals surface area contributed by atoms with Gasteiger partial charge in [-0.2, -0.15) is 27.1 Å². The molecule has 0 radical (unpaired) electrons. The number of carbonyl (C=O) groups excluding carboxylic acids is 1. The number of pyridine rings is 1. The van der Waals surface area contributed by atoms with Gasteiger partial charge in [-0.25, -0.2) is 4.98 Å². The molecule has 0 spiro atoms. The Balaban J connectivity index is 1.49. The lowest BCUT2D eigenvalue weighted by molar-refractivity contribution is -0.115. The zero-order valence-electron chi connectivity index (χ0n) is 17.5. The minimum absolute atomic E-state index is 0.0625. The van der Waals surface area contributed by atoms with Gasteiger partial charge in [0, 0.05) is 22.6 Å². The number of carbonyl (C=O) groups is 1. The van der Waals surface area contributed by atoms with Gasteiger partial charge in [-0.15, -0.1) is 23.1 Å². The molecule has 10 heteroatoms. The molecular formula is C23H18N6OS3. The summed E-state index contributed by atoms with van der Waals surface area (Å²) < 4.78 is 0. The van der Waals surface area contributed by atoms with Crippen molar-refractivity contribution in [2.24, 2.45) is 0 Å². The molecule has 3 aromatic rings. The molecule has 1 amide bonds. The van der Waals surface area contributed by atoms with Gasteiger partial charge in [0.05, 0.1) is 11.1 Å². The van der Waals surface area contributed by atoms with Crippen molar-refractivity contribution in [2.75, 3.05) is 16.8 Å². The van der Waals surface area contributed by atoms with Crippen LogP contribution in [0.4, 0.5) is 10.8 Å². The van der Waals surface area contributed by atoms with Crippen LogP contribution in [0.5, 0.6) is 0 Å². The van der Waals surface area contributed by atoms with E-state index in [0.717, 1.165) is 36.8 Å². The summed E-state index contributed by atoms with van der Waals surface area (Å²) in [6.45, 7) is 0. The third-order valence-electron chi connectivity index (χ3n) is 5.33. The van der Waals surface area contributed by atoms with Crippen molar-refractivity contribution in [1.82, 2.24) is 4.98 Å². The van der Waals surface area contributed by atoms with E-state index in [0.29, 0.717) is 26.9 Å². The van der Waals surface area contributed by atoms with Gasteiger partial charge in [-0.3, -0.25) is 4.79 Å². The first kappa shape index (κ1) is 22.8. The number of thioether (sulfide) groups is 1. The number of fused-ring (bicyclic) bond motifs is 1. The van der Waals surface area contributed by atoms with Gasteiger partial charge in [0.2, 0.25) is 5.91 Å².